The van der Waals surface area contributed by atoms with Crippen molar-refractivity contribution in [3.8, 4) is 17.3 Å². The lowest BCUT2D eigenvalue weighted by molar-refractivity contribution is -0.0156. The molecular weight excluding hydrogens is 326 g/mol. The molecule has 6 heteroatoms. The third-order valence-corrected chi connectivity index (χ3v) is 4.58. The summed E-state index contributed by atoms with van der Waals surface area (Å²) < 4.78 is 5.70. The first-order valence-corrected chi connectivity index (χ1v) is 8.59. The smallest absolute Gasteiger partial charge is 0.126 e. The van der Waals surface area contributed by atoms with Crippen LogP contribution in [-0.2, 0) is 11.3 Å². The minimum atomic E-state index is 0.0603. The number of nitrogens with one attached hydrogen (secondary N) is 1. The van der Waals surface area contributed by atoms with E-state index in [9.17, 15) is 0 Å². The second kappa shape index (κ2) is 7.48. The van der Waals surface area contributed by atoms with E-state index in [0.29, 0.717) is 18.8 Å². The molecule has 1 aliphatic heterocycles. The van der Waals surface area contributed by atoms with Crippen molar-refractivity contribution in [1.82, 2.24) is 19.9 Å². The van der Waals surface area contributed by atoms with Gasteiger partial charge in [-0.05, 0) is 29.8 Å². The van der Waals surface area contributed by atoms with Crippen LogP contribution in [-0.4, -0.2) is 39.6 Å². The van der Waals surface area contributed by atoms with Crippen LogP contribution in [0.1, 0.15) is 23.0 Å². The molecule has 0 amide bonds. The second-order valence-corrected chi connectivity index (χ2v) is 6.29. The summed E-state index contributed by atoms with van der Waals surface area (Å²) in [5.41, 5.74) is 3.84. The number of morpholine rings is 1. The van der Waals surface area contributed by atoms with E-state index in [4.69, 9.17) is 10.00 Å². The summed E-state index contributed by atoms with van der Waals surface area (Å²) in [5.74, 6) is 0.896. The number of hydrogen-bond acceptors (Lipinski definition) is 5. The summed E-state index contributed by atoms with van der Waals surface area (Å²) in [7, 11) is 0. The Hall–Kier alpha value is -3.01. The van der Waals surface area contributed by atoms with Crippen LogP contribution in [0.15, 0.2) is 55.0 Å². The van der Waals surface area contributed by atoms with E-state index in [0.717, 1.165) is 35.7 Å². The SMILES string of the molecule is N#Cc1cccc(CN2CCOCC2c2ncc(-c3ccncc3)[nH]2)c1. The number of ether oxygens (including phenoxy) is 1. The molecule has 1 aliphatic rings. The van der Waals surface area contributed by atoms with E-state index < -0.39 is 0 Å². The fourth-order valence-corrected chi connectivity index (χ4v) is 3.24. The third kappa shape index (κ3) is 3.49. The molecule has 0 radical (unpaired) electrons. The van der Waals surface area contributed by atoms with Gasteiger partial charge in [0.2, 0.25) is 0 Å². The van der Waals surface area contributed by atoms with Gasteiger partial charge >= 0.3 is 0 Å². The summed E-state index contributed by atoms with van der Waals surface area (Å²) in [4.78, 5) is 14.4. The Bertz CT molecular complexity index is 915. The van der Waals surface area contributed by atoms with Gasteiger partial charge in [-0.1, -0.05) is 12.1 Å². The molecule has 4 rings (SSSR count). The molecule has 0 spiro atoms. The number of benzene rings is 1. The van der Waals surface area contributed by atoms with E-state index in [-0.39, 0.29) is 6.04 Å². The first-order valence-electron chi connectivity index (χ1n) is 8.59. The molecule has 0 bridgehead atoms. The Balaban J connectivity index is 1.56. The standard InChI is InChI=1S/C20H19N5O/c21-11-15-2-1-3-16(10-15)13-25-8-9-26-14-19(25)20-23-12-18(24-20)17-4-6-22-7-5-17/h1-7,10,12,19H,8-9,13-14H2,(H,23,24). The molecule has 1 unspecified atom stereocenters. The largest absolute Gasteiger partial charge is 0.378 e. The number of aromatic nitrogens is 3. The summed E-state index contributed by atoms with van der Waals surface area (Å²) in [6, 6.07) is 13.9. The molecule has 130 valence electrons. The summed E-state index contributed by atoms with van der Waals surface area (Å²) >= 11 is 0. The number of pyridine rings is 1. The van der Waals surface area contributed by atoms with Gasteiger partial charge in [-0.2, -0.15) is 5.26 Å². The van der Waals surface area contributed by atoms with Gasteiger partial charge in [-0.25, -0.2) is 4.98 Å². The topological polar surface area (TPSA) is 77.8 Å². The second-order valence-electron chi connectivity index (χ2n) is 6.29. The van der Waals surface area contributed by atoms with Gasteiger partial charge in [0, 0.05) is 31.0 Å². The van der Waals surface area contributed by atoms with E-state index in [1.807, 2.05) is 36.5 Å². The molecule has 1 aromatic carbocycles. The Morgan fingerprint density at radius 2 is 2.15 bits per heavy atom. The normalized spacial score (nSPS) is 17.7. The van der Waals surface area contributed by atoms with Gasteiger partial charge < -0.3 is 9.72 Å². The maximum atomic E-state index is 9.11. The highest BCUT2D eigenvalue weighted by molar-refractivity contribution is 5.57. The molecule has 1 atom stereocenters. The number of rotatable bonds is 4. The Labute approximate surface area is 152 Å². The predicted molar refractivity (Wildman–Crippen MR) is 96.9 cm³/mol. The monoisotopic (exact) mass is 345 g/mol. The summed E-state index contributed by atoms with van der Waals surface area (Å²) in [6.07, 6.45) is 5.40. The van der Waals surface area contributed by atoms with Gasteiger partial charge in [0.25, 0.3) is 0 Å². The van der Waals surface area contributed by atoms with Crippen LogP contribution in [0.4, 0.5) is 0 Å². The Morgan fingerprint density at radius 3 is 3.00 bits per heavy atom. The molecule has 1 saturated heterocycles. The zero-order valence-corrected chi connectivity index (χ0v) is 14.3. The molecule has 0 aliphatic carbocycles. The van der Waals surface area contributed by atoms with Gasteiger partial charge in [0.1, 0.15) is 5.82 Å². The van der Waals surface area contributed by atoms with Crippen LogP contribution in [0.25, 0.3) is 11.3 Å². The molecule has 26 heavy (non-hydrogen) atoms. The minimum Gasteiger partial charge on any atom is -0.378 e. The molecular formula is C20H19N5O. The lowest BCUT2D eigenvalue weighted by Crippen LogP contribution is -2.39. The van der Waals surface area contributed by atoms with Crippen molar-refractivity contribution in [2.45, 2.75) is 12.6 Å². The maximum absolute atomic E-state index is 9.11. The lowest BCUT2D eigenvalue weighted by Gasteiger charge is -2.34. The summed E-state index contributed by atoms with van der Waals surface area (Å²) in [6.45, 7) is 2.88. The maximum Gasteiger partial charge on any atom is 0.126 e. The van der Waals surface area contributed by atoms with E-state index in [2.05, 4.69) is 32.0 Å². The molecule has 1 N–H and O–H groups in total. The average molecular weight is 345 g/mol. The number of nitriles is 1. The van der Waals surface area contributed by atoms with E-state index in [1.54, 1.807) is 12.4 Å². The molecule has 6 nitrogen and oxygen atoms in total. The third-order valence-electron chi connectivity index (χ3n) is 4.58. The molecule has 1 fully saturated rings. The molecule has 3 heterocycles. The number of nitrogens with zero attached hydrogens (tertiary/aromatic N) is 4. The minimum absolute atomic E-state index is 0.0603. The van der Waals surface area contributed by atoms with Crippen LogP contribution < -0.4 is 0 Å². The fraction of sp³-hybridized carbons (Fsp3) is 0.250. The lowest BCUT2D eigenvalue weighted by atomic mass is 10.1. The Kier molecular flexibility index (Phi) is 4.73. The van der Waals surface area contributed by atoms with Gasteiger partial charge in [0.05, 0.1) is 42.8 Å². The van der Waals surface area contributed by atoms with Crippen LogP contribution in [0, 0.1) is 11.3 Å². The van der Waals surface area contributed by atoms with Crippen molar-refractivity contribution in [2.24, 2.45) is 0 Å². The highest BCUT2D eigenvalue weighted by Crippen LogP contribution is 2.26. The van der Waals surface area contributed by atoms with Gasteiger partial charge in [0.15, 0.2) is 0 Å². The van der Waals surface area contributed by atoms with Crippen LogP contribution in [0.5, 0.6) is 0 Å². The summed E-state index contributed by atoms with van der Waals surface area (Å²) in [5, 5.41) is 9.11. The number of hydrogen-bond donors (Lipinski definition) is 1. The van der Waals surface area contributed by atoms with Crippen molar-refractivity contribution in [1.29, 1.82) is 5.26 Å². The first kappa shape index (κ1) is 16.5. The van der Waals surface area contributed by atoms with Crippen molar-refractivity contribution in [3.05, 3.63) is 71.9 Å². The zero-order chi connectivity index (χ0) is 17.8. The fourth-order valence-electron chi connectivity index (χ4n) is 3.24. The molecule has 2 aromatic heterocycles. The quantitative estimate of drug-likeness (QED) is 0.787. The van der Waals surface area contributed by atoms with Crippen molar-refractivity contribution < 1.29 is 4.74 Å². The van der Waals surface area contributed by atoms with E-state index in [1.165, 1.54) is 0 Å². The number of imidazole rings is 1. The van der Waals surface area contributed by atoms with Gasteiger partial charge in [-0.3, -0.25) is 9.88 Å². The van der Waals surface area contributed by atoms with Crippen molar-refractivity contribution >= 4 is 0 Å². The number of H-pyrrole nitrogens is 1. The van der Waals surface area contributed by atoms with Gasteiger partial charge in [-0.15, -0.1) is 0 Å². The number of aromatic amines is 1. The van der Waals surface area contributed by atoms with E-state index >= 15 is 0 Å². The van der Waals surface area contributed by atoms with Crippen LogP contribution in [0.3, 0.4) is 0 Å². The van der Waals surface area contributed by atoms with Crippen molar-refractivity contribution in [2.75, 3.05) is 19.8 Å². The zero-order valence-electron chi connectivity index (χ0n) is 14.3. The Morgan fingerprint density at radius 1 is 1.27 bits per heavy atom. The van der Waals surface area contributed by atoms with Crippen molar-refractivity contribution in [3.63, 3.8) is 0 Å². The average Bonchev–Trinajstić information content (AvgIpc) is 3.19. The first-order chi connectivity index (χ1) is 12.8. The van der Waals surface area contributed by atoms with Crippen LogP contribution in [0.2, 0.25) is 0 Å². The van der Waals surface area contributed by atoms with Crippen LogP contribution >= 0.6 is 0 Å². The molecule has 3 aromatic rings. The highest BCUT2D eigenvalue weighted by atomic mass is 16.5. The molecule has 0 saturated carbocycles. The predicted octanol–water partition coefficient (Wildman–Crippen LogP) is 2.92. The highest BCUT2D eigenvalue weighted by Gasteiger charge is 2.27.